The molecule has 2 heterocycles. The summed E-state index contributed by atoms with van der Waals surface area (Å²) in [6, 6.07) is 13.2. The highest BCUT2D eigenvalue weighted by Gasteiger charge is 2.24. The normalized spacial score (nSPS) is 13.1. The summed E-state index contributed by atoms with van der Waals surface area (Å²) < 4.78 is 1.89. The van der Waals surface area contributed by atoms with Crippen LogP contribution in [0.3, 0.4) is 0 Å². The van der Waals surface area contributed by atoms with Crippen LogP contribution < -0.4 is 0 Å². The van der Waals surface area contributed by atoms with Crippen molar-refractivity contribution in [3.05, 3.63) is 73.7 Å². The quantitative estimate of drug-likeness (QED) is 0.318. The molecule has 0 saturated heterocycles. The van der Waals surface area contributed by atoms with E-state index in [1.807, 2.05) is 41.1 Å². The maximum absolute atomic E-state index is 6.54. The standard InChI is InChI=1S/C22H16Cl3N3S/c1-12-20(22-26-17-3-2-4-19(17)29-22)27-28(18-10-9-15(24)11-16(18)25)21(12)13-5-7-14(23)8-6-13/h5-11H,2-4H2,1H3. The van der Waals surface area contributed by atoms with E-state index in [0.29, 0.717) is 15.1 Å². The smallest absolute Gasteiger partial charge is 0.144 e. The number of thiazole rings is 1. The Morgan fingerprint density at radius 1 is 0.966 bits per heavy atom. The van der Waals surface area contributed by atoms with Crippen LogP contribution in [0.2, 0.25) is 15.1 Å². The molecule has 0 radical (unpaired) electrons. The number of hydrogen-bond donors (Lipinski definition) is 0. The fourth-order valence-electron chi connectivity index (χ4n) is 3.76. The van der Waals surface area contributed by atoms with E-state index >= 15 is 0 Å². The van der Waals surface area contributed by atoms with Gasteiger partial charge in [-0.3, -0.25) is 0 Å². The topological polar surface area (TPSA) is 30.7 Å². The van der Waals surface area contributed by atoms with Crippen molar-refractivity contribution in [2.75, 3.05) is 0 Å². The molecule has 1 aliphatic carbocycles. The number of benzene rings is 2. The number of aromatic nitrogens is 3. The van der Waals surface area contributed by atoms with Gasteiger partial charge in [-0.2, -0.15) is 5.10 Å². The van der Waals surface area contributed by atoms with Gasteiger partial charge in [0.25, 0.3) is 0 Å². The number of hydrogen-bond acceptors (Lipinski definition) is 3. The minimum atomic E-state index is 0.545. The highest BCUT2D eigenvalue weighted by molar-refractivity contribution is 7.15. The van der Waals surface area contributed by atoms with Crippen molar-refractivity contribution in [1.29, 1.82) is 0 Å². The Morgan fingerprint density at radius 2 is 1.72 bits per heavy atom. The summed E-state index contributed by atoms with van der Waals surface area (Å²) in [5.74, 6) is 0. The predicted molar refractivity (Wildman–Crippen MR) is 122 cm³/mol. The maximum atomic E-state index is 6.54. The average Bonchev–Trinajstić information content (AvgIpc) is 3.36. The molecule has 4 aromatic rings. The van der Waals surface area contributed by atoms with Gasteiger partial charge in [-0.1, -0.05) is 46.9 Å². The van der Waals surface area contributed by atoms with Gasteiger partial charge in [0, 0.05) is 26.0 Å². The fourth-order valence-corrected chi connectivity index (χ4v) is 5.57. The van der Waals surface area contributed by atoms with Gasteiger partial charge in [-0.05, 0) is 56.5 Å². The molecule has 0 fully saturated rings. The highest BCUT2D eigenvalue weighted by atomic mass is 35.5. The summed E-state index contributed by atoms with van der Waals surface area (Å²) >= 11 is 20.5. The van der Waals surface area contributed by atoms with E-state index in [1.54, 1.807) is 17.4 Å². The van der Waals surface area contributed by atoms with Gasteiger partial charge in [0.05, 0.1) is 22.1 Å². The molecule has 0 amide bonds. The first-order chi connectivity index (χ1) is 14.0. The lowest BCUT2D eigenvalue weighted by Crippen LogP contribution is -2.00. The van der Waals surface area contributed by atoms with E-state index in [4.69, 9.17) is 44.9 Å². The molecule has 29 heavy (non-hydrogen) atoms. The van der Waals surface area contributed by atoms with Gasteiger partial charge in [0.2, 0.25) is 0 Å². The zero-order valence-corrected chi connectivity index (χ0v) is 18.6. The SMILES string of the molecule is Cc1c(-c2nc3c(s2)CCC3)nn(-c2ccc(Cl)cc2Cl)c1-c1ccc(Cl)cc1. The first-order valence-electron chi connectivity index (χ1n) is 9.31. The Hall–Kier alpha value is -1.85. The lowest BCUT2D eigenvalue weighted by atomic mass is 10.1. The summed E-state index contributed by atoms with van der Waals surface area (Å²) in [6.07, 6.45) is 3.36. The Kier molecular flexibility index (Phi) is 4.91. The Balaban J connectivity index is 1.74. The molecule has 146 valence electrons. The van der Waals surface area contributed by atoms with Gasteiger partial charge < -0.3 is 0 Å². The number of fused-ring (bicyclic) bond motifs is 1. The highest BCUT2D eigenvalue weighted by Crippen LogP contribution is 2.39. The third-order valence-electron chi connectivity index (χ3n) is 5.18. The Bertz CT molecular complexity index is 1200. The number of nitrogens with zero attached hydrogens (tertiary/aromatic N) is 3. The largest absolute Gasteiger partial charge is 0.239 e. The van der Waals surface area contributed by atoms with Crippen LogP contribution in [0.5, 0.6) is 0 Å². The summed E-state index contributed by atoms with van der Waals surface area (Å²) in [7, 11) is 0. The maximum Gasteiger partial charge on any atom is 0.144 e. The second-order valence-electron chi connectivity index (χ2n) is 7.08. The third-order valence-corrected chi connectivity index (χ3v) is 7.13. The fraction of sp³-hybridized carbons (Fsp3) is 0.182. The van der Waals surface area contributed by atoms with Gasteiger partial charge in [0.15, 0.2) is 0 Å². The molecule has 0 N–H and O–H groups in total. The Labute approximate surface area is 187 Å². The van der Waals surface area contributed by atoms with Crippen molar-refractivity contribution in [3.8, 4) is 27.6 Å². The van der Waals surface area contributed by atoms with Crippen molar-refractivity contribution < 1.29 is 0 Å². The second kappa shape index (κ2) is 7.44. The van der Waals surface area contributed by atoms with Crippen LogP contribution in [-0.2, 0) is 12.8 Å². The van der Waals surface area contributed by atoms with Crippen LogP contribution in [-0.4, -0.2) is 14.8 Å². The van der Waals surface area contributed by atoms with E-state index in [2.05, 4.69) is 6.92 Å². The molecule has 0 aliphatic heterocycles. The number of aryl methyl sites for hydroxylation is 2. The van der Waals surface area contributed by atoms with E-state index in [1.165, 1.54) is 17.0 Å². The molecular weight excluding hydrogens is 445 g/mol. The molecule has 1 aliphatic rings. The van der Waals surface area contributed by atoms with Crippen molar-refractivity contribution in [3.63, 3.8) is 0 Å². The van der Waals surface area contributed by atoms with Gasteiger partial charge in [-0.25, -0.2) is 9.67 Å². The molecule has 0 atom stereocenters. The lowest BCUT2D eigenvalue weighted by molar-refractivity contribution is 0.886. The first kappa shape index (κ1) is 19.1. The van der Waals surface area contributed by atoms with Crippen LogP contribution in [0.4, 0.5) is 0 Å². The van der Waals surface area contributed by atoms with E-state index in [-0.39, 0.29) is 0 Å². The molecule has 2 aromatic heterocycles. The van der Waals surface area contributed by atoms with E-state index in [0.717, 1.165) is 46.1 Å². The van der Waals surface area contributed by atoms with Crippen LogP contribution >= 0.6 is 46.1 Å². The molecule has 0 saturated carbocycles. The van der Waals surface area contributed by atoms with Crippen molar-refractivity contribution in [2.45, 2.75) is 26.2 Å². The second-order valence-corrected chi connectivity index (χ2v) is 9.44. The summed E-state index contributed by atoms with van der Waals surface area (Å²) in [5.41, 5.74) is 5.93. The molecule has 0 unspecified atom stereocenters. The molecule has 3 nitrogen and oxygen atoms in total. The predicted octanol–water partition coefficient (Wildman–Crippen LogP) is 7.42. The minimum Gasteiger partial charge on any atom is -0.239 e. The van der Waals surface area contributed by atoms with Crippen molar-refractivity contribution in [2.24, 2.45) is 0 Å². The average molecular weight is 461 g/mol. The molecular formula is C22H16Cl3N3S. The van der Waals surface area contributed by atoms with Crippen molar-refractivity contribution in [1.82, 2.24) is 14.8 Å². The summed E-state index contributed by atoms with van der Waals surface area (Å²) in [4.78, 5) is 6.26. The van der Waals surface area contributed by atoms with Gasteiger partial charge in [0.1, 0.15) is 10.7 Å². The van der Waals surface area contributed by atoms with Gasteiger partial charge in [-0.15, -0.1) is 11.3 Å². The van der Waals surface area contributed by atoms with Crippen LogP contribution in [0.1, 0.15) is 22.6 Å². The number of rotatable bonds is 3. The monoisotopic (exact) mass is 459 g/mol. The zero-order valence-electron chi connectivity index (χ0n) is 15.5. The lowest BCUT2D eigenvalue weighted by Gasteiger charge is -2.11. The van der Waals surface area contributed by atoms with E-state index in [9.17, 15) is 0 Å². The molecule has 5 rings (SSSR count). The minimum absolute atomic E-state index is 0.545. The first-order valence-corrected chi connectivity index (χ1v) is 11.3. The number of halogens is 3. The molecule has 2 aromatic carbocycles. The van der Waals surface area contributed by atoms with Crippen LogP contribution in [0.25, 0.3) is 27.6 Å². The van der Waals surface area contributed by atoms with Gasteiger partial charge >= 0.3 is 0 Å². The molecule has 7 heteroatoms. The summed E-state index contributed by atoms with van der Waals surface area (Å²) in [5, 5.41) is 7.75. The van der Waals surface area contributed by atoms with Crippen LogP contribution in [0, 0.1) is 6.92 Å². The summed E-state index contributed by atoms with van der Waals surface area (Å²) in [6.45, 7) is 2.08. The van der Waals surface area contributed by atoms with Crippen LogP contribution in [0.15, 0.2) is 42.5 Å². The molecule has 0 bridgehead atoms. The zero-order chi connectivity index (χ0) is 20.1. The third kappa shape index (κ3) is 3.38. The molecule has 0 spiro atoms. The van der Waals surface area contributed by atoms with Crippen molar-refractivity contribution >= 4 is 46.1 Å². The van der Waals surface area contributed by atoms with E-state index < -0.39 is 0 Å². The Morgan fingerprint density at radius 3 is 2.45 bits per heavy atom.